The van der Waals surface area contributed by atoms with Crippen LogP contribution in [0.1, 0.15) is 23.2 Å². The Kier molecular flexibility index (Phi) is 4.39. The molecule has 0 bridgehead atoms. The lowest BCUT2D eigenvalue weighted by atomic mass is 9.96. The highest BCUT2D eigenvalue weighted by molar-refractivity contribution is 6.34. The predicted octanol–water partition coefficient (Wildman–Crippen LogP) is -0.267. The van der Waals surface area contributed by atoms with Crippen molar-refractivity contribution in [3.05, 3.63) is 24.2 Å². The van der Waals surface area contributed by atoms with Crippen LogP contribution in [-0.4, -0.2) is 42.3 Å². The number of amides is 3. The third kappa shape index (κ3) is 3.37. The minimum absolute atomic E-state index is 0.0432. The Morgan fingerprint density at radius 2 is 2.05 bits per heavy atom. The summed E-state index contributed by atoms with van der Waals surface area (Å²) in [6, 6.07) is 1.64. The SMILES string of the molecule is NC(=O)C(=O)NCC1CCN(C(=O)c2ccoc2)CC1. The first kappa shape index (κ1) is 14.1. The van der Waals surface area contributed by atoms with Crippen molar-refractivity contribution in [2.24, 2.45) is 11.7 Å². The molecule has 1 aliphatic rings. The minimum atomic E-state index is -0.974. The molecule has 0 unspecified atom stereocenters. The van der Waals surface area contributed by atoms with E-state index in [-0.39, 0.29) is 11.8 Å². The number of rotatable bonds is 3. The molecule has 0 atom stereocenters. The third-order valence-electron chi connectivity index (χ3n) is 3.44. The molecule has 0 spiro atoms. The van der Waals surface area contributed by atoms with Gasteiger partial charge >= 0.3 is 11.8 Å². The quantitative estimate of drug-likeness (QED) is 0.743. The first-order chi connectivity index (χ1) is 9.58. The van der Waals surface area contributed by atoms with Crippen LogP contribution in [0.5, 0.6) is 0 Å². The number of hydrogen-bond donors (Lipinski definition) is 2. The van der Waals surface area contributed by atoms with E-state index in [4.69, 9.17) is 10.2 Å². The van der Waals surface area contributed by atoms with Crippen molar-refractivity contribution in [2.75, 3.05) is 19.6 Å². The van der Waals surface area contributed by atoms with Gasteiger partial charge in [0.1, 0.15) is 6.26 Å². The number of hydrogen-bond acceptors (Lipinski definition) is 4. The summed E-state index contributed by atoms with van der Waals surface area (Å²) in [4.78, 5) is 35.5. The molecule has 0 aliphatic carbocycles. The van der Waals surface area contributed by atoms with Crippen LogP contribution in [0.4, 0.5) is 0 Å². The number of nitrogens with zero attached hydrogens (tertiary/aromatic N) is 1. The zero-order valence-electron chi connectivity index (χ0n) is 11.0. The lowest BCUT2D eigenvalue weighted by molar-refractivity contribution is -0.137. The normalized spacial score (nSPS) is 15.9. The van der Waals surface area contributed by atoms with Crippen LogP contribution < -0.4 is 11.1 Å². The van der Waals surface area contributed by atoms with E-state index in [1.807, 2.05) is 0 Å². The highest BCUT2D eigenvalue weighted by Crippen LogP contribution is 2.18. The first-order valence-electron chi connectivity index (χ1n) is 6.47. The number of carbonyl (C=O) groups excluding carboxylic acids is 3. The van der Waals surface area contributed by atoms with Gasteiger partial charge in [-0.25, -0.2) is 0 Å². The first-order valence-corrected chi connectivity index (χ1v) is 6.47. The van der Waals surface area contributed by atoms with E-state index in [0.717, 1.165) is 12.8 Å². The minimum Gasteiger partial charge on any atom is -0.472 e. The van der Waals surface area contributed by atoms with Gasteiger partial charge in [0.2, 0.25) is 0 Å². The Morgan fingerprint density at radius 3 is 2.60 bits per heavy atom. The molecule has 1 aromatic rings. The molecule has 0 radical (unpaired) electrons. The number of piperidine rings is 1. The van der Waals surface area contributed by atoms with E-state index in [9.17, 15) is 14.4 Å². The number of primary amides is 1. The monoisotopic (exact) mass is 279 g/mol. The number of furan rings is 1. The molecule has 0 aromatic carbocycles. The fourth-order valence-electron chi connectivity index (χ4n) is 2.23. The highest BCUT2D eigenvalue weighted by Gasteiger charge is 2.24. The lowest BCUT2D eigenvalue weighted by Gasteiger charge is -2.31. The number of nitrogens with one attached hydrogen (secondary N) is 1. The van der Waals surface area contributed by atoms with E-state index in [1.54, 1.807) is 11.0 Å². The average molecular weight is 279 g/mol. The lowest BCUT2D eigenvalue weighted by Crippen LogP contribution is -2.43. The van der Waals surface area contributed by atoms with E-state index >= 15 is 0 Å². The van der Waals surface area contributed by atoms with Crippen molar-refractivity contribution in [1.29, 1.82) is 0 Å². The topological polar surface area (TPSA) is 106 Å². The van der Waals surface area contributed by atoms with Crippen molar-refractivity contribution in [3.8, 4) is 0 Å². The van der Waals surface area contributed by atoms with E-state index in [0.29, 0.717) is 25.2 Å². The number of likely N-dealkylation sites (tertiary alicyclic amines) is 1. The van der Waals surface area contributed by atoms with Gasteiger partial charge in [-0.3, -0.25) is 14.4 Å². The second-order valence-corrected chi connectivity index (χ2v) is 4.82. The summed E-state index contributed by atoms with van der Waals surface area (Å²) in [5, 5.41) is 2.49. The standard InChI is InChI=1S/C13H17N3O4/c14-11(17)12(18)15-7-9-1-4-16(5-2-9)13(19)10-3-6-20-8-10/h3,6,8-9H,1-2,4-5,7H2,(H2,14,17)(H,15,18). The van der Waals surface area contributed by atoms with Gasteiger partial charge in [0.05, 0.1) is 11.8 Å². The molecule has 7 nitrogen and oxygen atoms in total. The van der Waals surface area contributed by atoms with Crippen molar-refractivity contribution in [2.45, 2.75) is 12.8 Å². The fraction of sp³-hybridized carbons (Fsp3) is 0.462. The molecule has 0 saturated carbocycles. The van der Waals surface area contributed by atoms with E-state index < -0.39 is 11.8 Å². The zero-order valence-corrected chi connectivity index (χ0v) is 11.0. The summed E-state index contributed by atoms with van der Waals surface area (Å²) in [5.41, 5.74) is 5.40. The molecular formula is C13H17N3O4. The Balaban J connectivity index is 1.76. The molecule has 3 N–H and O–H groups in total. The molecule has 2 rings (SSSR count). The summed E-state index contributed by atoms with van der Waals surface area (Å²) < 4.78 is 4.90. The van der Waals surface area contributed by atoms with Crippen LogP contribution in [0, 0.1) is 5.92 Å². The van der Waals surface area contributed by atoms with Crippen LogP contribution in [0.15, 0.2) is 23.0 Å². The average Bonchev–Trinajstić information content (AvgIpc) is 2.98. The third-order valence-corrected chi connectivity index (χ3v) is 3.44. The van der Waals surface area contributed by atoms with Crippen molar-refractivity contribution >= 4 is 17.7 Å². The molecule has 1 aromatic heterocycles. The van der Waals surface area contributed by atoms with Gasteiger partial charge in [-0.2, -0.15) is 0 Å². The van der Waals surface area contributed by atoms with Crippen LogP contribution in [0.2, 0.25) is 0 Å². The maximum Gasteiger partial charge on any atom is 0.309 e. The number of nitrogens with two attached hydrogens (primary N) is 1. The molecule has 20 heavy (non-hydrogen) atoms. The molecular weight excluding hydrogens is 262 g/mol. The van der Waals surface area contributed by atoms with Crippen LogP contribution in [0.25, 0.3) is 0 Å². The molecule has 3 amide bonds. The summed E-state index contributed by atoms with van der Waals surface area (Å²) in [6.07, 6.45) is 4.46. The van der Waals surface area contributed by atoms with Gasteiger partial charge in [-0.1, -0.05) is 0 Å². The largest absolute Gasteiger partial charge is 0.472 e. The second-order valence-electron chi connectivity index (χ2n) is 4.82. The Labute approximate surface area is 116 Å². The second kappa shape index (κ2) is 6.23. The van der Waals surface area contributed by atoms with Crippen LogP contribution in [-0.2, 0) is 9.59 Å². The van der Waals surface area contributed by atoms with Gasteiger partial charge in [-0.05, 0) is 24.8 Å². The van der Waals surface area contributed by atoms with Gasteiger partial charge < -0.3 is 20.4 Å². The smallest absolute Gasteiger partial charge is 0.309 e. The summed E-state index contributed by atoms with van der Waals surface area (Å²) in [5.74, 6) is -1.52. The maximum absolute atomic E-state index is 12.1. The molecule has 108 valence electrons. The predicted molar refractivity (Wildman–Crippen MR) is 69.5 cm³/mol. The molecule has 2 heterocycles. The van der Waals surface area contributed by atoms with Crippen molar-refractivity contribution in [3.63, 3.8) is 0 Å². The van der Waals surface area contributed by atoms with Gasteiger partial charge in [0.15, 0.2) is 0 Å². The summed E-state index contributed by atoms with van der Waals surface area (Å²) in [6.45, 7) is 1.66. The molecule has 1 saturated heterocycles. The van der Waals surface area contributed by atoms with Crippen LogP contribution in [0.3, 0.4) is 0 Å². The molecule has 1 fully saturated rings. The molecule has 7 heteroatoms. The summed E-state index contributed by atoms with van der Waals surface area (Å²) in [7, 11) is 0. The maximum atomic E-state index is 12.1. The van der Waals surface area contributed by atoms with Crippen molar-refractivity contribution < 1.29 is 18.8 Å². The highest BCUT2D eigenvalue weighted by atomic mass is 16.3. The summed E-state index contributed by atoms with van der Waals surface area (Å²) >= 11 is 0. The number of carbonyl (C=O) groups is 3. The Hall–Kier alpha value is -2.31. The van der Waals surface area contributed by atoms with E-state index in [1.165, 1.54) is 12.5 Å². The zero-order chi connectivity index (χ0) is 14.5. The molecule has 1 aliphatic heterocycles. The van der Waals surface area contributed by atoms with Crippen molar-refractivity contribution in [1.82, 2.24) is 10.2 Å². The fourth-order valence-corrected chi connectivity index (χ4v) is 2.23. The van der Waals surface area contributed by atoms with Gasteiger partial charge in [-0.15, -0.1) is 0 Å². The van der Waals surface area contributed by atoms with Gasteiger partial charge in [0, 0.05) is 19.6 Å². The van der Waals surface area contributed by atoms with E-state index in [2.05, 4.69) is 5.32 Å². The Morgan fingerprint density at radius 1 is 1.35 bits per heavy atom. The van der Waals surface area contributed by atoms with Gasteiger partial charge in [0.25, 0.3) is 5.91 Å². The van der Waals surface area contributed by atoms with Crippen LogP contribution >= 0.6 is 0 Å². The Bertz CT molecular complexity index is 490.